The van der Waals surface area contributed by atoms with Gasteiger partial charge in [0.05, 0.1) is 16.8 Å². The van der Waals surface area contributed by atoms with Gasteiger partial charge < -0.3 is 5.32 Å². The summed E-state index contributed by atoms with van der Waals surface area (Å²) >= 11 is 9.01. The van der Waals surface area contributed by atoms with E-state index in [1.165, 1.54) is 11.8 Å². The normalized spacial score (nSPS) is 12.1. The van der Waals surface area contributed by atoms with Gasteiger partial charge in [-0.25, -0.2) is 4.98 Å². The van der Waals surface area contributed by atoms with Gasteiger partial charge in [-0.05, 0) is 30.5 Å². The molecular weight excluding hydrogens is 300 g/mol. The van der Waals surface area contributed by atoms with Crippen LogP contribution < -0.4 is 5.32 Å². The van der Waals surface area contributed by atoms with Crippen molar-refractivity contribution in [2.24, 2.45) is 0 Å². The zero-order chi connectivity index (χ0) is 13.7. The van der Waals surface area contributed by atoms with Crippen molar-refractivity contribution in [1.29, 1.82) is 0 Å². The molecule has 0 aliphatic rings. The van der Waals surface area contributed by atoms with Crippen molar-refractivity contribution in [3.63, 3.8) is 0 Å². The predicted octanol–water partition coefficient (Wildman–Crippen LogP) is 3.59. The molecule has 0 spiro atoms. The molecule has 0 unspecified atom stereocenters. The van der Waals surface area contributed by atoms with Crippen LogP contribution in [0.15, 0.2) is 40.9 Å². The number of carbonyl (C=O) groups is 1. The number of hydrogen-bond acceptors (Lipinski definition) is 4. The first-order valence-electron chi connectivity index (χ1n) is 5.74. The van der Waals surface area contributed by atoms with Crippen LogP contribution in [0.1, 0.15) is 11.8 Å². The summed E-state index contributed by atoms with van der Waals surface area (Å²) in [6.07, 6.45) is 1.67. The third-order valence-corrected chi connectivity index (χ3v) is 4.81. The Hall–Kier alpha value is -1.04. The first-order valence-corrected chi connectivity index (χ1v) is 7.88. The summed E-state index contributed by atoms with van der Waals surface area (Å²) in [5.74, 6) is -0.0138. The van der Waals surface area contributed by atoms with Gasteiger partial charge in [-0.15, -0.1) is 11.3 Å². The fraction of sp³-hybridized carbons (Fsp3) is 0.231. The van der Waals surface area contributed by atoms with E-state index in [-0.39, 0.29) is 11.2 Å². The highest BCUT2D eigenvalue weighted by molar-refractivity contribution is 8.00. The molecule has 0 fully saturated rings. The number of rotatable bonds is 5. The first kappa shape index (κ1) is 14.4. The highest BCUT2D eigenvalue weighted by Gasteiger charge is 2.16. The second-order valence-corrected chi connectivity index (χ2v) is 6.62. The molecule has 2 aromatic heterocycles. The van der Waals surface area contributed by atoms with Gasteiger partial charge in [0, 0.05) is 11.1 Å². The predicted molar refractivity (Wildman–Crippen MR) is 80.7 cm³/mol. The zero-order valence-electron chi connectivity index (χ0n) is 10.3. The van der Waals surface area contributed by atoms with Gasteiger partial charge in [0.15, 0.2) is 0 Å². The quantitative estimate of drug-likeness (QED) is 0.858. The standard InChI is InChI=1S/C13H13ClN2OS2/c1-9(19-13-11(14)5-2-6-15-13)12(17)16-8-10-4-3-7-18-10/h2-7,9H,8H2,1H3,(H,16,17)/t9-/m0/s1. The minimum atomic E-state index is -0.229. The highest BCUT2D eigenvalue weighted by atomic mass is 35.5. The fourth-order valence-corrected chi connectivity index (χ4v) is 3.14. The van der Waals surface area contributed by atoms with Crippen molar-refractivity contribution in [3.05, 3.63) is 45.7 Å². The molecule has 2 aromatic rings. The summed E-state index contributed by atoms with van der Waals surface area (Å²) in [5, 5.41) is 5.93. The van der Waals surface area contributed by atoms with E-state index >= 15 is 0 Å². The van der Waals surface area contributed by atoms with Crippen LogP contribution in [0.4, 0.5) is 0 Å². The molecule has 2 heterocycles. The Labute approximate surface area is 125 Å². The van der Waals surface area contributed by atoms with Crippen LogP contribution in [0.2, 0.25) is 5.02 Å². The Bertz CT molecular complexity index is 545. The molecule has 0 radical (unpaired) electrons. The van der Waals surface area contributed by atoms with Gasteiger partial charge >= 0.3 is 0 Å². The van der Waals surface area contributed by atoms with Crippen molar-refractivity contribution in [2.75, 3.05) is 0 Å². The number of nitrogens with zero attached hydrogens (tertiary/aromatic N) is 1. The number of pyridine rings is 1. The van der Waals surface area contributed by atoms with Gasteiger partial charge in [-0.3, -0.25) is 4.79 Å². The lowest BCUT2D eigenvalue weighted by molar-refractivity contribution is -0.120. The van der Waals surface area contributed by atoms with E-state index in [0.717, 1.165) is 4.88 Å². The molecule has 1 atom stereocenters. The van der Waals surface area contributed by atoms with E-state index in [1.54, 1.807) is 29.7 Å². The maximum atomic E-state index is 12.0. The number of halogens is 1. The van der Waals surface area contributed by atoms with Crippen molar-refractivity contribution in [2.45, 2.75) is 23.7 Å². The molecule has 1 amide bonds. The SMILES string of the molecule is C[C@H](Sc1ncccc1Cl)C(=O)NCc1cccs1. The van der Waals surface area contributed by atoms with Crippen LogP contribution in [-0.4, -0.2) is 16.1 Å². The number of thioether (sulfide) groups is 1. The van der Waals surface area contributed by atoms with E-state index in [9.17, 15) is 4.79 Å². The zero-order valence-corrected chi connectivity index (χ0v) is 12.7. The van der Waals surface area contributed by atoms with E-state index in [4.69, 9.17) is 11.6 Å². The van der Waals surface area contributed by atoms with Crippen LogP contribution in [0.3, 0.4) is 0 Å². The number of thiophene rings is 1. The Balaban J connectivity index is 1.87. The molecule has 0 bridgehead atoms. The van der Waals surface area contributed by atoms with Gasteiger partial charge in [0.25, 0.3) is 0 Å². The largest absolute Gasteiger partial charge is 0.350 e. The number of amides is 1. The van der Waals surface area contributed by atoms with Crippen LogP contribution in [0.25, 0.3) is 0 Å². The molecule has 0 saturated carbocycles. The highest BCUT2D eigenvalue weighted by Crippen LogP contribution is 2.27. The summed E-state index contributed by atoms with van der Waals surface area (Å²) in [6.45, 7) is 2.41. The Kier molecular flexibility index (Phi) is 5.24. The van der Waals surface area contributed by atoms with Gasteiger partial charge in [0.2, 0.25) is 5.91 Å². The summed E-state index contributed by atoms with van der Waals surface area (Å²) < 4.78 is 0. The molecule has 0 aromatic carbocycles. The van der Waals surface area contributed by atoms with Crippen LogP contribution in [0.5, 0.6) is 0 Å². The molecule has 6 heteroatoms. The Morgan fingerprint density at radius 2 is 2.37 bits per heavy atom. The second kappa shape index (κ2) is 6.93. The molecule has 0 aliphatic carbocycles. The summed E-state index contributed by atoms with van der Waals surface area (Å²) in [4.78, 5) is 17.3. The van der Waals surface area contributed by atoms with Gasteiger partial charge in [-0.2, -0.15) is 0 Å². The minimum absolute atomic E-state index is 0.0138. The molecule has 100 valence electrons. The lowest BCUT2D eigenvalue weighted by Crippen LogP contribution is -2.30. The van der Waals surface area contributed by atoms with E-state index in [1.807, 2.05) is 24.4 Å². The van der Waals surface area contributed by atoms with Crippen LogP contribution in [0, 0.1) is 0 Å². The van der Waals surface area contributed by atoms with E-state index in [2.05, 4.69) is 10.3 Å². The number of hydrogen-bond donors (Lipinski definition) is 1. The Morgan fingerprint density at radius 3 is 3.05 bits per heavy atom. The first-order chi connectivity index (χ1) is 9.16. The molecule has 0 aliphatic heterocycles. The smallest absolute Gasteiger partial charge is 0.233 e. The molecule has 0 saturated heterocycles. The van der Waals surface area contributed by atoms with Gasteiger partial charge in [0.1, 0.15) is 5.03 Å². The summed E-state index contributed by atoms with van der Waals surface area (Å²) in [7, 11) is 0. The molecule has 3 nitrogen and oxygen atoms in total. The Morgan fingerprint density at radius 1 is 1.53 bits per heavy atom. The maximum Gasteiger partial charge on any atom is 0.233 e. The lowest BCUT2D eigenvalue weighted by Gasteiger charge is -2.11. The third kappa shape index (κ3) is 4.23. The monoisotopic (exact) mass is 312 g/mol. The third-order valence-electron chi connectivity index (χ3n) is 2.40. The number of aromatic nitrogens is 1. The molecular formula is C13H13ClN2OS2. The summed E-state index contributed by atoms with van der Waals surface area (Å²) in [6, 6.07) is 7.51. The van der Waals surface area contributed by atoms with E-state index < -0.39 is 0 Å². The maximum absolute atomic E-state index is 12.0. The molecule has 1 N–H and O–H groups in total. The van der Waals surface area contributed by atoms with Crippen molar-refractivity contribution in [1.82, 2.24) is 10.3 Å². The van der Waals surface area contributed by atoms with Crippen molar-refractivity contribution < 1.29 is 4.79 Å². The van der Waals surface area contributed by atoms with Crippen LogP contribution in [-0.2, 0) is 11.3 Å². The topological polar surface area (TPSA) is 42.0 Å². The fourth-order valence-electron chi connectivity index (χ4n) is 1.41. The average molecular weight is 313 g/mol. The number of nitrogens with one attached hydrogen (secondary N) is 1. The minimum Gasteiger partial charge on any atom is -0.350 e. The number of carbonyl (C=O) groups excluding carboxylic acids is 1. The summed E-state index contributed by atoms with van der Waals surface area (Å²) in [5.41, 5.74) is 0. The van der Waals surface area contributed by atoms with E-state index in [0.29, 0.717) is 16.6 Å². The molecule has 2 rings (SSSR count). The van der Waals surface area contributed by atoms with Gasteiger partial charge in [-0.1, -0.05) is 29.4 Å². The second-order valence-electron chi connectivity index (χ2n) is 3.85. The lowest BCUT2D eigenvalue weighted by atomic mass is 10.4. The molecule has 19 heavy (non-hydrogen) atoms. The van der Waals surface area contributed by atoms with Crippen molar-refractivity contribution in [3.8, 4) is 0 Å². The van der Waals surface area contributed by atoms with Crippen molar-refractivity contribution >= 4 is 40.6 Å². The van der Waals surface area contributed by atoms with Crippen LogP contribution >= 0.6 is 34.7 Å². The average Bonchev–Trinajstić information content (AvgIpc) is 2.91.